The van der Waals surface area contributed by atoms with Crippen LogP contribution in [0.5, 0.6) is 0 Å². The zero-order valence-electron chi connectivity index (χ0n) is 5.79. The minimum absolute atomic E-state index is 0.158. The lowest BCUT2D eigenvalue weighted by Gasteiger charge is -1.98. The van der Waals surface area contributed by atoms with Crippen molar-refractivity contribution in [3.8, 4) is 0 Å². The minimum Gasteiger partial charge on any atom is -0.205 e. The maximum absolute atomic E-state index is 11.7. The highest BCUT2D eigenvalue weighted by molar-refractivity contribution is 7.89. The van der Waals surface area contributed by atoms with Crippen molar-refractivity contribution in [3.63, 3.8) is 0 Å². The highest BCUT2D eigenvalue weighted by Gasteiger charge is 2.11. The van der Waals surface area contributed by atoms with Crippen LogP contribution in [0.3, 0.4) is 0 Å². The molecule has 0 aliphatic rings. The van der Waals surface area contributed by atoms with Crippen molar-refractivity contribution < 1.29 is 12.9 Å². The molecule has 1 N–H and O–H groups in total. The van der Waals surface area contributed by atoms with E-state index < -0.39 is 10.0 Å². The van der Waals surface area contributed by atoms with E-state index in [1.165, 1.54) is 24.3 Å². The van der Waals surface area contributed by atoms with Crippen LogP contribution in [-0.4, -0.2) is 8.42 Å². The van der Waals surface area contributed by atoms with E-state index in [4.69, 9.17) is 11.6 Å². The molecule has 1 aromatic rings. The number of benzene rings is 1. The van der Waals surface area contributed by atoms with Crippen molar-refractivity contribution in [2.24, 2.45) is 0 Å². The number of halogens is 2. The SMILES string of the molecule is O=S(=O)(NF)c1ccc(Cl)cc1. The number of sulfonamides is 1. The first-order chi connectivity index (χ1) is 5.56. The molecule has 0 fully saturated rings. The molecule has 0 heterocycles. The first-order valence-electron chi connectivity index (χ1n) is 2.94. The normalized spacial score (nSPS) is 11.5. The molecule has 12 heavy (non-hydrogen) atoms. The fraction of sp³-hybridized carbons (Fsp3) is 0. The van der Waals surface area contributed by atoms with Crippen molar-refractivity contribution in [2.75, 3.05) is 0 Å². The number of nitrogens with one attached hydrogen (secondary N) is 1. The number of hydrogen-bond acceptors (Lipinski definition) is 2. The van der Waals surface area contributed by atoms with Gasteiger partial charge in [-0.2, -0.15) is 0 Å². The molecule has 0 aliphatic carbocycles. The average molecular weight is 210 g/mol. The summed E-state index contributed by atoms with van der Waals surface area (Å²) in [4.78, 5) is 0.548. The lowest BCUT2D eigenvalue weighted by atomic mass is 10.4. The summed E-state index contributed by atoms with van der Waals surface area (Å²) in [5, 5.41) is 0.396. The Labute approximate surface area is 74.1 Å². The summed E-state index contributed by atoms with van der Waals surface area (Å²) in [6.07, 6.45) is 0. The molecule has 0 unspecified atom stereocenters. The lowest BCUT2D eigenvalue weighted by Crippen LogP contribution is -2.14. The fourth-order valence-corrected chi connectivity index (χ4v) is 1.37. The predicted octanol–water partition coefficient (Wildman–Crippen LogP) is 1.50. The second-order valence-electron chi connectivity index (χ2n) is 2.03. The molecular weight excluding hydrogens is 205 g/mol. The van der Waals surface area contributed by atoms with E-state index in [1.807, 2.05) is 0 Å². The summed E-state index contributed by atoms with van der Waals surface area (Å²) in [5.74, 6) is 0. The van der Waals surface area contributed by atoms with Gasteiger partial charge in [0.15, 0.2) is 0 Å². The zero-order chi connectivity index (χ0) is 9.19. The van der Waals surface area contributed by atoms with Gasteiger partial charge in [0.2, 0.25) is 0 Å². The molecule has 1 rings (SSSR count). The molecule has 0 radical (unpaired) electrons. The summed E-state index contributed by atoms with van der Waals surface area (Å²) in [6, 6.07) is 5.16. The Morgan fingerprint density at radius 1 is 1.25 bits per heavy atom. The summed E-state index contributed by atoms with van der Waals surface area (Å²) in [7, 11) is -3.99. The summed E-state index contributed by atoms with van der Waals surface area (Å²) in [5.41, 5.74) is 0. The van der Waals surface area contributed by atoms with Crippen LogP contribution in [-0.2, 0) is 10.0 Å². The van der Waals surface area contributed by atoms with E-state index >= 15 is 0 Å². The van der Waals surface area contributed by atoms with Crippen LogP contribution in [0.15, 0.2) is 29.2 Å². The van der Waals surface area contributed by atoms with Crippen molar-refractivity contribution in [3.05, 3.63) is 29.3 Å². The highest BCUT2D eigenvalue weighted by atomic mass is 35.5. The Morgan fingerprint density at radius 3 is 2.17 bits per heavy atom. The topological polar surface area (TPSA) is 46.2 Å². The van der Waals surface area contributed by atoms with Gasteiger partial charge >= 0.3 is 0 Å². The molecular formula is C6H5ClFNO2S. The third-order valence-electron chi connectivity index (χ3n) is 1.23. The summed E-state index contributed by atoms with van der Waals surface area (Å²) < 4.78 is 33.3. The molecule has 1 aromatic carbocycles. The van der Waals surface area contributed by atoms with Crippen LogP contribution in [0.2, 0.25) is 5.02 Å². The van der Waals surface area contributed by atoms with Crippen molar-refractivity contribution >= 4 is 21.6 Å². The van der Waals surface area contributed by atoms with E-state index in [9.17, 15) is 12.9 Å². The van der Waals surface area contributed by atoms with E-state index in [2.05, 4.69) is 0 Å². The molecule has 6 heteroatoms. The summed E-state index contributed by atoms with van der Waals surface area (Å²) >= 11 is 5.50. The quantitative estimate of drug-likeness (QED) is 0.751. The standard InChI is InChI=1S/C6H5ClFNO2S/c7-5-1-3-6(4-2-5)12(10,11)9-8/h1-4,9H. The number of hydrogen-bond donors (Lipinski definition) is 1. The molecule has 0 saturated carbocycles. The van der Waals surface area contributed by atoms with Crippen LogP contribution in [0.25, 0.3) is 0 Å². The maximum Gasteiger partial charge on any atom is 0.266 e. The van der Waals surface area contributed by atoms with Crippen LogP contribution >= 0.6 is 11.6 Å². The van der Waals surface area contributed by atoms with Crippen LogP contribution in [0, 0.1) is 0 Å². The third-order valence-corrected chi connectivity index (χ3v) is 2.57. The Bertz CT molecular complexity index is 362. The second-order valence-corrected chi connectivity index (χ2v) is 4.10. The molecule has 0 bridgehead atoms. The first kappa shape index (κ1) is 9.44. The molecule has 0 spiro atoms. The van der Waals surface area contributed by atoms with Crippen molar-refractivity contribution in [1.29, 1.82) is 0 Å². The number of rotatable bonds is 2. The Morgan fingerprint density at radius 2 is 1.75 bits per heavy atom. The van der Waals surface area contributed by atoms with Crippen molar-refractivity contribution in [1.82, 2.24) is 4.94 Å². The Hall–Kier alpha value is -0.650. The van der Waals surface area contributed by atoms with Gasteiger partial charge in [-0.15, -0.1) is 4.48 Å². The Balaban J connectivity index is 3.14. The first-order valence-corrected chi connectivity index (χ1v) is 4.80. The molecule has 0 aromatic heterocycles. The van der Waals surface area contributed by atoms with Gasteiger partial charge in [0.05, 0.1) is 4.90 Å². The van der Waals surface area contributed by atoms with Gasteiger partial charge in [0.25, 0.3) is 10.0 Å². The smallest absolute Gasteiger partial charge is 0.205 e. The van der Waals surface area contributed by atoms with Gasteiger partial charge in [-0.25, -0.2) is 8.42 Å². The van der Waals surface area contributed by atoms with E-state index in [-0.39, 0.29) is 4.90 Å². The van der Waals surface area contributed by atoms with Gasteiger partial charge in [-0.1, -0.05) is 11.6 Å². The Kier molecular flexibility index (Phi) is 2.66. The lowest BCUT2D eigenvalue weighted by molar-refractivity contribution is 0.425. The van der Waals surface area contributed by atoms with E-state index in [0.717, 1.165) is 0 Å². The fourth-order valence-electron chi connectivity index (χ4n) is 0.658. The van der Waals surface area contributed by atoms with Gasteiger partial charge in [-0.05, 0) is 29.2 Å². The predicted molar refractivity (Wildman–Crippen MR) is 42.9 cm³/mol. The second kappa shape index (κ2) is 3.38. The maximum atomic E-state index is 11.7. The van der Waals surface area contributed by atoms with Crippen molar-refractivity contribution in [2.45, 2.75) is 4.90 Å². The van der Waals surface area contributed by atoms with Crippen LogP contribution in [0.1, 0.15) is 0 Å². The molecule has 0 aliphatic heterocycles. The van der Waals surface area contributed by atoms with Gasteiger partial charge in [0, 0.05) is 5.02 Å². The van der Waals surface area contributed by atoms with Gasteiger partial charge in [0.1, 0.15) is 0 Å². The molecule has 0 saturated heterocycles. The highest BCUT2D eigenvalue weighted by Crippen LogP contribution is 2.13. The van der Waals surface area contributed by atoms with Crippen LogP contribution < -0.4 is 4.94 Å². The van der Waals surface area contributed by atoms with Gasteiger partial charge < -0.3 is 0 Å². The third kappa shape index (κ3) is 1.94. The molecule has 0 amide bonds. The molecule has 66 valence electrons. The summed E-state index contributed by atoms with van der Waals surface area (Å²) in [6.45, 7) is 0. The van der Waals surface area contributed by atoms with Crippen LogP contribution in [0.4, 0.5) is 4.48 Å². The van der Waals surface area contributed by atoms with E-state index in [1.54, 1.807) is 0 Å². The molecule has 0 atom stereocenters. The largest absolute Gasteiger partial charge is 0.266 e. The van der Waals surface area contributed by atoms with Gasteiger partial charge in [-0.3, -0.25) is 0 Å². The van der Waals surface area contributed by atoms with E-state index in [0.29, 0.717) is 9.97 Å². The molecule has 3 nitrogen and oxygen atoms in total. The average Bonchev–Trinajstić information content (AvgIpc) is 2.05. The monoisotopic (exact) mass is 209 g/mol. The minimum atomic E-state index is -3.99. The zero-order valence-corrected chi connectivity index (χ0v) is 7.36.